The van der Waals surface area contributed by atoms with Crippen LogP contribution in [-0.2, 0) is 17.8 Å². The number of aromatic amines is 1. The van der Waals surface area contributed by atoms with Crippen LogP contribution in [0.25, 0.3) is 10.9 Å². The Labute approximate surface area is 240 Å². The molecule has 4 rings (SSSR count). The zero-order valence-corrected chi connectivity index (χ0v) is 23.9. The number of fused-ring (bicyclic) bond motifs is 1. The Kier molecular flexibility index (Phi) is 9.84. The number of carbonyl (C=O) groups excluding carboxylic acids is 2. The normalized spacial score (nSPS) is 11.0. The fourth-order valence-electron chi connectivity index (χ4n) is 4.77. The van der Waals surface area contributed by atoms with Crippen LogP contribution in [0.4, 0.5) is 14.9 Å². The molecule has 0 fully saturated rings. The minimum Gasteiger partial charge on any atom is -0.493 e. The highest BCUT2D eigenvalue weighted by Gasteiger charge is 2.24. The number of H-pyrrole nitrogens is 1. The van der Waals surface area contributed by atoms with E-state index in [1.54, 1.807) is 31.3 Å². The molecule has 0 saturated carbocycles. The number of urea groups is 1. The molecule has 0 spiro atoms. The first-order valence-electron chi connectivity index (χ1n) is 13.6. The number of anilines is 1. The molecule has 3 aromatic carbocycles. The van der Waals surface area contributed by atoms with Crippen LogP contribution in [0.1, 0.15) is 25.0 Å². The summed E-state index contributed by atoms with van der Waals surface area (Å²) in [5, 5.41) is 3.73. The Morgan fingerprint density at radius 3 is 2.41 bits per heavy atom. The van der Waals surface area contributed by atoms with Gasteiger partial charge in [0.25, 0.3) is 0 Å². The fraction of sp³-hybridized carbons (Fsp3) is 0.312. The maximum Gasteiger partial charge on any atom is 0.322 e. The molecule has 0 unspecified atom stereocenters. The van der Waals surface area contributed by atoms with Crippen molar-refractivity contribution >= 4 is 28.5 Å². The van der Waals surface area contributed by atoms with Crippen molar-refractivity contribution in [2.24, 2.45) is 5.92 Å². The van der Waals surface area contributed by atoms with Crippen molar-refractivity contribution in [1.29, 1.82) is 0 Å². The zero-order valence-electron chi connectivity index (χ0n) is 23.9. The summed E-state index contributed by atoms with van der Waals surface area (Å²) < 4.78 is 25.1. The van der Waals surface area contributed by atoms with Gasteiger partial charge in [-0.1, -0.05) is 50.2 Å². The van der Waals surface area contributed by atoms with Crippen molar-refractivity contribution in [3.8, 4) is 11.5 Å². The van der Waals surface area contributed by atoms with Gasteiger partial charge in [0, 0.05) is 36.7 Å². The van der Waals surface area contributed by atoms with Crippen LogP contribution in [0.5, 0.6) is 11.5 Å². The SMILES string of the molecule is COc1ccc(CN(CCc2c[nH]c3ccccc23)C(=O)CN(CC(C)C)C(=O)Nc2ccccc2F)cc1OC. The predicted octanol–water partition coefficient (Wildman–Crippen LogP) is 6.09. The molecule has 2 N–H and O–H groups in total. The first-order chi connectivity index (χ1) is 19.8. The number of para-hydroxylation sites is 2. The molecular formula is C32H37FN4O4. The molecule has 0 bridgehead atoms. The van der Waals surface area contributed by atoms with Crippen LogP contribution in [0, 0.1) is 11.7 Å². The molecule has 216 valence electrons. The van der Waals surface area contributed by atoms with E-state index in [1.807, 2.05) is 56.4 Å². The van der Waals surface area contributed by atoms with Gasteiger partial charge in [0.05, 0.1) is 19.9 Å². The highest BCUT2D eigenvalue weighted by molar-refractivity contribution is 5.92. The Morgan fingerprint density at radius 1 is 0.951 bits per heavy atom. The molecular weight excluding hydrogens is 523 g/mol. The number of benzene rings is 3. The number of hydrogen-bond acceptors (Lipinski definition) is 4. The largest absolute Gasteiger partial charge is 0.493 e. The van der Waals surface area contributed by atoms with Crippen molar-refractivity contribution < 1.29 is 23.5 Å². The number of nitrogens with one attached hydrogen (secondary N) is 2. The number of rotatable bonds is 12. The van der Waals surface area contributed by atoms with E-state index >= 15 is 0 Å². The van der Waals surface area contributed by atoms with E-state index in [4.69, 9.17) is 9.47 Å². The molecule has 4 aromatic rings. The Bertz CT molecular complexity index is 1490. The number of aromatic nitrogens is 1. The van der Waals surface area contributed by atoms with Crippen molar-refractivity contribution in [3.63, 3.8) is 0 Å². The molecule has 0 aliphatic heterocycles. The zero-order chi connectivity index (χ0) is 29.4. The Morgan fingerprint density at radius 2 is 1.68 bits per heavy atom. The fourth-order valence-corrected chi connectivity index (χ4v) is 4.77. The maximum atomic E-state index is 14.2. The Hall–Kier alpha value is -4.53. The van der Waals surface area contributed by atoms with Crippen LogP contribution < -0.4 is 14.8 Å². The summed E-state index contributed by atoms with van der Waals surface area (Å²) >= 11 is 0. The minimum absolute atomic E-state index is 0.0697. The number of hydrogen-bond donors (Lipinski definition) is 2. The van der Waals surface area contributed by atoms with Crippen LogP contribution in [0.3, 0.4) is 0 Å². The molecule has 0 aliphatic carbocycles. The first-order valence-corrected chi connectivity index (χ1v) is 13.6. The lowest BCUT2D eigenvalue weighted by atomic mass is 10.1. The highest BCUT2D eigenvalue weighted by atomic mass is 19.1. The number of ether oxygens (including phenoxy) is 2. The van der Waals surface area contributed by atoms with Gasteiger partial charge < -0.3 is 29.6 Å². The first kappa shape index (κ1) is 29.5. The van der Waals surface area contributed by atoms with Gasteiger partial charge in [0.15, 0.2) is 11.5 Å². The van der Waals surface area contributed by atoms with Gasteiger partial charge in [0.2, 0.25) is 5.91 Å². The standard InChI is InChI=1S/C32H37FN4O4/c1-22(2)19-37(32(39)35-28-12-8-6-10-26(28)33)21-31(38)36(20-23-13-14-29(40-3)30(17-23)41-4)16-15-24-18-34-27-11-7-5-9-25(24)27/h5-14,17-18,22,34H,15-16,19-21H2,1-4H3,(H,35,39). The molecule has 1 aromatic heterocycles. The second kappa shape index (κ2) is 13.7. The summed E-state index contributed by atoms with van der Waals surface area (Å²) in [5.74, 6) is 0.509. The van der Waals surface area contributed by atoms with Gasteiger partial charge in [-0.3, -0.25) is 4.79 Å². The van der Waals surface area contributed by atoms with E-state index in [2.05, 4.69) is 16.4 Å². The van der Waals surface area contributed by atoms with Crippen molar-refractivity contribution in [2.45, 2.75) is 26.8 Å². The molecule has 0 atom stereocenters. The van der Waals surface area contributed by atoms with E-state index in [0.29, 0.717) is 37.6 Å². The van der Waals surface area contributed by atoms with Gasteiger partial charge in [-0.25, -0.2) is 9.18 Å². The number of nitrogens with zero attached hydrogens (tertiary/aromatic N) is 2. The molecule has 1 heterocycles. The predicted molar refractivity (Wildman–Crippen MR) is 159 cm³/mol. The summed E-state index contributed by atoms with van der Waals surface area (Å²) in [4.78, 5) is 33.5. The highest BCUT2D eigenvalue weighted by Crippen LogP contribution is 2.28. The van der Waals surface area contributed by atoms with E-state index in [9.17, 15) is 14.0 Å². The topological polar surface area (TPSA) is 86.9 Å². The van der Waals surface area contributed by atoms with Crippen LogP contribution in [0.2, 0.25) is 0 Å². The van der Waals surface area contributed by atoms with Gasteiger partial charge in [-0.15, -0.1) is 0 Å². The number of amides is 3. The lowest BCUT2D eigenvalue weighted by Crippen LogP contribution is -2.46. The van der Waals surface area contributed by atoms with E-state index in [-0.39, 0.29) is 24.1 Å². The smallest absolute Gasteiger partial charge is 0.322 e. The van der Waals surface area contributed by atoms with Crippen LogP contribution in [0.15, 0.2) is 72.9 Å². The molecule has 41 heavy (non-hydrogen) atoms. The lowest BCUT2D eigenvalue weighted by Gasteiger charge is -2.29. The quantitative estimate of drug-likeness (QED) is 0.220. The van der Waals surface area contributed by atoms with E-state index in [1.165, 1.54) is 17.0 Å². The summed E-state index contributed by atoms with van der Waals surface area (Å²) in [5.41, 5.74) is 3.07. The van der Waals surface area contributed by atoms with Crippen LogP contribution >= 0.6 is 0 Å². The third kappa shape index (κ3) is 7.57. The minimum atomic E-state index is -0.537. The van der Waals surface area contributed by atoms with Gasteiger partial charge in [0.1, 0.15) is 12.4 Å². The third-order valence-electron chi connectivity index (χ3n) is 6.81. The van der Waals surface area contributed by atoms with Crippen LogP contribution in [-0.4, -0.2) is 60.6 Å². The van der Waals surface area contributed by atoms with Gasteiger partial charge in [-0.2, -0.15) is 0 Å². The monoisotopic (exact) mass is 560 g/mol. The molecule has 9 heteroatoms. The number of halogens is 1. The summed E-state index contributed by atoms with van der Waals surface area (Å²) in [6.07, 6.45) is 2.59. The van der Waals surface area contributed by atoms with E-state index in [0.717, 1.165) is 22.0 Å². The summed E-state index contributed by atoms with van der Waals surface area (Å²) in [6, 6.07) is 19.0. The number of carbonyl (C=O) groups is 2. The van der Waals surface area contributed by atoms with Gasteiger partial charge in [-0.05, 0) is 53.8 Å². The molecule has 3 amide bonds. The second-order valence-corrected chi connectivity index (χ2v) is 10.3. The average Bonchev–Trinajstić information content (AvgIpc) is 3.38. The summed E-state index contributed by atoms with van der Waals surface area (Å²) in [6.45, 7) is 4.85. The molecule has 0 radical (unpaired) electrons. The molecule has 8 nitrogen and oxygen atoms in total. The second-order valence-electron chi connectivity index (χ2n) is 10.3. The van der Waals surface area contributed by atoms with Gasteiger partial charge >= 0.3 is 6.03 Å². The molecule has 0 aliphatic rings. The number of methoxy groups -OCH3 is 2. The third-order valence-corrected chi connectivity index (χ3v) is 6.81. The maximum absolute atomic E-state index is 14.2. The lowest BCUT2D eigenvalue weighted by molar-refractivity contribution is -0.132. The van der Waals surface area contributed by atoms with E-state index < -0.39 is 11.8 Å². The van der Waals surface area contributed by atoms with Crippen molar-refractivity contribution in [1.82, 2.24) is 14.8 Å². The Balaban J connectivity index is 1.56. The van der Waals surface area contributed by atoms with Crippen molar-refractivity contribution in [2.75, 3.05) is 39.2 Å². The summed E-state index contributed by atoms with van der Waals surface area (Å²) in [7, 11) is 3.14. The average molecular weight is 561 g/mol. The molecule has 0 saturated heterocycles. The van der Waals surface area contributed by atoms with Crippen molar-refractivity contribution in [3.05, 3.63) is 89.9 Å².